The van der Waals surface area contributed by atoms with E-state index in [1.54, 1.807) is 18.2 Å². The van der Waals surface area contributed by atoms with Crippen molar-refractivity contribution in [2.45, 2.75) is 45.4 Å². The maximum absolute atomic E-state index is 11.0. The Morgan fingerprint density at radius 2 is 1.95 bits per heavy atom. The zero-order valence-electron chi connectivity index (χ0n) is 11.9. The molecule has 0 bridgehead atoms. The summed E-state index contributed by atoms with van der Waals surface area (Å²) in [6, 6.07) is 4.82. The highest BCUT2D eigenvalue weighted by atomic mass is 16.6. The molecular weight excluding hydrogens is 258 g/mol. The van der Waals surface area contributed by atoms with Gasteiger partial charge in [0.25, 0.3) is 0 Å². The second kappa shape index (κ2) is 9.14. The van der Waals surface area contributed by atoms with Gasteiger partial charge < -0.3 is 10.2 Å². The third-order valence-corrected chi connectivity index (χ3v) is 3.09. The number of nitro groups is 1. The molecule has 0 aliphatic heterocycles. The zero-order valence-corrected chi connectivity index (χ0v) is 11.9. The van der Waals surface area contributed by atoms with Crippen LogP contribution >= 0.6 is 0 Å². The summed E-state index contributed by atoms with van der Waals surface area (Å²) in [4.78, 5) is 10.6. The number of benzene rings is 1. The van der Waals surface area contributed by atoms with Crippen LogP contribution in [-0.2, 0) is 0 Å². The molecule has 112 valence electrons. The Labute approximate surface area is 119 Å². The van der Waals surface area contributed by atoms with E-state index >= 15 is 0 Å². The molecule has 0 spiro atoms. The summed E-state index contributed by atoms with van der Waals surface area (Å²) in [5.74, 6) is 5.53. The first-order valence-electron chi connectivity index (χ1n) is 7.07. The van der Waals surface area contributed by atoms with E-state index in [1.165, 1.54) is 25.7 Å². The van der Waals surface area contributed by atoms with E-state index in [-0.39, 0.29) is 17.1 Å². The molecule has 6 nitrogen and oxygen atoms in total. The van der Waals surface area contributed by atoms with Crippen molar-refractivity contribution in [2.75, 3.05) is 12.0 Å². The monoisotopic (exact) mass is 281 g/mol. The Morgan fingerprint density at radius 1 is 1.25 bits per heavy atom. The van der Waals surface area contributed by atoms with Crippen molar-refractivity contribution in [2.24, 2.45) is 5.84 Å². The minimum absolute atomic E-state index is 0.110. The number of para-hydroxylation sites is 1. The van der Waals surface area contributed by atoms with E-state index in [0.29, 0.717) is 6.61 Å². The fourth-order valence-corrected chi connectivity index (χ4v) is 2.01. The van der Waals surface area contributed by atoms with Crippen LogP contribution in [0.15, 0.2) is 18.2 Å². The Balaban J connectivity index is 2.45. The zero-order chi connectivity index (χ0) is 14.8. The van der Waals surface area contributed by atoms with Gasteiger partial charge in [-0.2, -0.15) is 0 Å². The number of nitrogens with one attached hydrogen (secondary N) is 1. The molecule has 0 fully saturated rings. The highest BCUT2D eigenvalue weighted by molar-refractivity contribution is 5.67. The number of ether oxygens (including phenoxy) is 1. The van der Waals surface area contributed by atoms with Crippen LogP contribution < -0.4 is 16.0 Å². The summed E-state index contributed by atoms with van der Waals surface area (Å²) in [6.45, 7) is 2.67. The highest BCUT2D eigenvalue weighted by Gasteiger charge is 2.20. The van der Waals surface area contributed by atoms with Crippen LogP contribution in [0.25, 0.3) is 0 Å². The number of nitrogen functional groups attached to an aromatic ring is 1. The number of nitro benzene ring substituents is 1. The minimum atomic E-state index is -0.480. The van der Waals surface area contributed by atoms with Gasteiger partial charge in [-0.3, -0.25) is 16.0 Å². The number of hydrazine groups is 1. The summed E-state index contributed by atoms with van der Waals surface area (Å²) in [6.07, 6.45) is 6.90. The van der Waals surface area contributed by atoms with Crippen molar-refractivity contribution in [3.05, 3.63) is 28.3 Å². The van der Waals surface area contributed by atoms with Gasteiger partial charge in [-0.25, -0.2) is 0 Å². The predicted octanol–water partition coefficient (Wildman–Crippen LogP) is 3.62. The Bertz CT molecular complexity index is 424. The third-order valence-electron chi connectivity index (χ3n) is 3.09. The van der Waals surface area contributed by atoms with E-state index in [4.69, 9.17) is 10.6 Å². The van der Waals surface area contributed by atoms with Crippen molar-refractivity contribution in [1.82, 2.24) is 0 Å². The van der Waals surface area contributed by atoms with Crippen LogP contribution in [-0.4, -0.2) is 11.5 Å². The lowest BCUT2D eigenvalue weighted by atomic mass is 10.1. The average molecular weight is 281 g/mol. The number of unbranched alkanes of at least 4 members (excludes halogenated alkanes) is 5. The molecular formula is C14H23N3O3. The number of hydrogen-bond acceptors (Lipinski definition) is 5. The Hall–Kier alpha value is -1.82. The van der Waals surface area contributed by atoms with Crippen molar-refractivity contribution >= 4 is 11.4 Å². The normalized spacial score (nSPS) is 10.3. The molecule has 0 aliphatic rings. The average Bonchev–Trinajstić information content (AvgIpc) is 2.45. The molecule has 20 heavy (non-hydrogen) atoms. The largest absolute Gasteiger partial charge is 0.487 e. The number of nitrogens with zero attached hydrogens (tertiary/aromatic N) is 1. The van der Waals surface area contributed by atoms with E-state index in [9.17, 15) is 10.1 Å². The molecule has 0 heterocycles. The summed E-state index contributed by atoms with van der Waals surface area (Å²) >= 11 is 0. The molecule has 0 radical (unpaired) electrons. The van der Waals surface area contributed by atoms with Gasteiger partial charge in [0.1, 0.15) is 5.69 Å². The molecule has 3 N–H and O–H groups in total. The van der Waals surface area contributed by atoms with Crippen LogP contribution in [0, 0.1) is 10.1 Å². The maximum atomic E-state index is 11.0. The SMILES string of the molecule is CCCCCCCCOc1cccc(NN)c1[N+](=O)[O-]. The van der Waals surface area contributed by atoms with Gasteiger partial charge in [-0.05, 0) is 18.6 Å². The predicted molar refractivity (Wildman–Crippen MR) is 79.8 cm³/mol. The standard InChI is InChI=1S/C14H23N3O3/c1-2-3-4-5-6-7-11-20-13-10-8-9-12(16-15)14(13)17(18)19/h8-10,16H,2-7,11,15H2,1H3. The summed E-state index contributed by atoms with van der Waals surface area (Å²) in [5, 5.41) is 11.0. The molecule has 0 saturated heterocycles. The molecule has 0 atom stereocenters. The van der Waals surface area contributed by atoms with Gasteiger partial charge in [0, 0.05) is 0 Å². The van der Waals surface area contributed by atoms with Gasteiger partial charge in [-0.15, -0.1) is 0 Å². The van der Waals surface area contributed by atoms with Crippen molar-refractivity contribution in [3.63, 3.8) is 0 Å². The van der Waals surface area contributed by atoms with Crippen molar-refractivity contribution in [1.29, 1.82) is 0 Å². The van der Waals surface area contributed by atoms with Gasteiger partial charge in [-0.1, -0.05) is 45.1 Å². The van der Waals surface area contributed by atoms with E-state index in [0.717, 1.165) is 12.8 Å². The number of anilines is 1. The Morgan fingerprint density at radius 3 is 2.60 bits per heavy atom. The molecule has 0 amide bonds. The molecule has 1 rings (SSSR count). The van der Waals surface area contributed by atoms with Crippen LogP contribution in [0.5, 0.6) is 5.75 Å². The molecule has 1 aromatic rings. The smallest absolute Gasteiger partial charge is 0.335 e. The van der Waals surface area contributed by atoms with Gasteiger partial charge >= 0.3 is 5.69 Å². The fourth-order valence-electron chi connectivity index (χ4n) is 2.01. The lowest BCUT2D eigenvalue weighted by Gasteiger charge is -2.09. The quantitative estimate of drug-likeness (QED) is 0.296. The molecule has 0 aromatic heterocycles. The number of nitrogens with two attached hydrogens (primary N) is 1. The van der Waals surface area contributed by atoms with E-state index in [1.807, 2.05) is 0 Å². The van der Waals surface area contributed by atoms with E-state index in [2.05, 4.69) is 12.3 Å². The summed E-state index contributed by atoms with van der Waals surface area (Å²) < 4.78 is 5.51. The van der Waals surface area contributed by atoms with Crippen molar-refractivity contribution in [3.8, 4) is 5.75 Å². The minimum Gasteiger partial charge on any atom is -0.487 e. The summed E-state index contributed by atoms with van der Waals surface area (Å²) in [5.41, 5.74) is 2.47. The van der Waals surface area contributed by atoms with Gasteiger partial charge in [0.15, 0.2) is 5.75 Å². The second-order valence-electron chi connectivity index (χ2n) is 4.67. The van der Waals surface area contributed by atoms with Gasteiger partial charge in [0.05, 0.1) is 11.5 Å². The summed E-state index contributed by atoms with van der Waals surface area (Å²) in [7, 11) is 0. The van der Waals surface area contributed by atoms with Crippen LogP contribution in [0.2, 0.25) is 0 Å². The fraction of sp³-hybridized carbons (Fsp3) is 0.571. The van der Waals surface area contributed by atoms with Crippen LogP contribution in [0.1, 0.15) is 45.4 Å². The first-order valence-corrected chi connectivity index (χ1v) is 7.07. The Kier molecular flexibility index (Phi) is 7.42. The maximum Gasteiger partial charge on any atom is 0.335 e. The second-order valence-corrected chi connectivity index (χ2v) is 4.67. The first kappa shape index (κ1) is 16.2. The van der Waals surface area contributed by atoms with Crippen LogP contribution in [0.4, 0.5) is 11.4 Å². The van der Waals surface area contributed by atoms with Crippen molar-refractivity contribution < 1.29 is 9.66 Å². The third kappa shape index (κ3) is 5.05. The lowest BCUT2D eigenvalue weighted by Crippen LogP contribution is -2.10. The van der Waals surface area contributed by atoms with Gasteiger partial charge in [0.2, 0.25) is 0 Å². The lowest BCUT2D eigenvalue weighted by molar-refractivity contribution is -0.385. The van der Waals surface area contributed by atoms with E-state index < -0.39 is 4.92 Å². The first-order chi connectivity index (χ1) is 9.70. The molecule has 0 unspecified atom stereocenters. The van der Waals surface area contributed by atoms with Crippen LogP contribution in [0.3, 0.4) is 0 Å². The molecule has 1 aromatic carbocycles. The topological polar surface area (TPSA) is 90.4 Å². The number of rotatable bonds is 10. The molecule has 0 saturated carbocycles. The number of hydrogen-bond donors (Lipinski definition) is 2. The molecule has 6 heteroatoms. The molecule has 0 aliphatic carbocycles. The highest BCUT2D eigenvalue weighted by Crippen LogP contribution is 2.34.